The highest BCUT2D eigenvalue weighted by atomic mass is 19.1. The number of benzene rings is 1. The summed E-state index contributed by atoms with van der Waals surface area (Å²) in [6.45, 7) is 0.351. The van der Waals surface area contributed by atoms with Gasteiger partial charge in [0.05, 0.1) is 29.0 Å². The molecule has 0 bridgehead atoms. The van der Waals surface area contributed by atoms with Crippen LogP contribution in [-0.2, 0) is 6.54 Å². The number of nitrogens with one attached hydrogen (secondary N) is 3. The molecule has 0 atom stereocenters. The van der Waals surface area contributed by atoms with Crippen LogP contribution in [0.25, 0.3) is 11.0 Å². The Labute approximate surface area is 125 Å². The molecule has 7 heteroatoms. The number of fused-ring (bicyclic) bond motifs is 1. The maximum Gasteiger partial charge on any atom is 0.287 e. The molecule has 4 rings (SSSR count). The molecule has 1 amide bonds. The molecule has 112 valence electrons. The fraction of sp³-hybridized carbons (Fsp3) is 0.267. The van der Waals surface area contributed by atoms with Crippen LogP contribution in [0, 0.1) is 5.82 Å². The first-order valence-corrected chi connectivity index (χ1v) is 7.17. The van der Waals surface area contributed by atoms with Crippen molar-refractivity contribution < 1.29 is 9.18 Å². The van der Waals surface area contributed by atoms with Gasteiger partial charge in [-0.25, -0.2) is 9.37 Å². The maximum atomic E-state index is 13.1. The number of H-pyrrole nitrogens is 2. The molecule has 2 heterocycles. The first-order chi connectivity index (χ1) is 10.7. The molecular weight excluding hydrogens is 285 g/mol. The van der Waals surface area contributed by atoms with Crippen LogP contribution in [-0.4, -0.2) is 26.1 Å². The van der Waals surface area contributed by atoms with E-state index in [0.29, 0.717) is 23.5 Å². The van der Waals surface area contributed by atoms with E-state index < -0.39 is 0 Å². The maximum absolute atomic E-state index is 13.1. The largest absolute Gasteiger partial charge is 0.344 e. The van der Waals surface area contributed by atoms with Gasteiger partial charge in [0.15, 0.2) is 5.82 Å². The molecule has 0 aliphatic heterocycles. The predicted octanol–water partition coefficient (Wildman–Crippen LogP) is 2.23. The van der Waals surface area contributed by atoms with Gasteiger partial charge in [0.2, 0.25) is 0 Å². The molecule has 3 N–H and O–H groups in total. The first kappa shape index (κ1) is 13.0. The van der Waals surface area contributed by atoms with Gasteiger partial charge in [-0.3, -0.25) is 9.89 Å². The van der Waals surface area contributed by atoms with E-state index in [9.17, 15) is 9.18 Å². The summed E-state index contributed by atoms with van der Waals surface area (Å²) in [5.74, 6) is 0.0425. The van der Waals surface area contributed by atoms with E-state index >= 15 is 0 Å². The molecule has 3 aromatic rings. The molecule has 0 saturated heterocycles. The van der Waals surface area contributed by atoms with Crippen LogP contribution >= 0.6 is 0 Å². The van der Waals surface area contributed by atoms with Gasteiger partial charge >= 0.3 is 0 Å². The van der Waals surface area contributed by atoms with Gasteiger partial charge in [-0.15, -0.1) is 0 Å². The van der Waals surface area contributed by atoms with Crippen LogP contribution in [0.4, 0.5) is 4.39 Å². The number of halogens is 1. The number of carbonyl (C=O) groups is 1. The van der Waals surface area contributed by atoms with Crippen molar-refractivity contribution in [2.24, 2.45) is 0 Å². The van der Waals surface area contributed by atoms with Crippen LogP contribution in [0.3, 0.4) is 0 Å². The number of aromatic nitrogens is 4. The van der Waals surface area contributed by atoms with Gasteiger partial charge in [-0.05, 0) is 37.1 Å². The Morgan fingerprint density at radius 1 is 1.36 bits per heavy atom. The third-order valence-electron chi connectivity index (χ3n) is 3.74. The minimum Gasteiger partial charge on any atom is -0.344 e. The normalized spacial score (nSPS) is 14.4. The third-order valence-corrected chi connectivity index (χ3v) is 3.74. The summed E-state index contributed by atoms with van der Waals surface area (Å²) < 4.78 is 13.1. The Morgan fingerprint density at radius 2 is 2.23 bits per heavy atom. The van der Waals surface area contributed by atoms with Gasteiger partial charge in [0.1, 0.15) is 5.82 Å². The van der Waals surface area contributed by atoms with Crippen molar-refractivity contribution in [3.8, 4) is 0 Å². The summed E-state index contributed by atoms with van der Waals surface area (Å²) in [6.07, 6.45) is 2.37. The minimum absolute atomic E-state index is 0.169. The molecule has 2 aromatic heterocycles. The van der Waals surface area contributed by atoms with Crippen molar-refractivity contribution in [2.75, 3.05) is 0 Å². The van der Waals surface area contributed by atoms with Crippen molar-refractivity contribution >= 4 is 16.9 Å². The first-order valence-electron chi connectivity index (χ1n) is 7.17. The van der Waals surface area contributed by atoms with Crippen LogP contribution in [0.2, 0.25) is 0 Å². The molecule has 22 heavy (non-hydrogen) atoms. The lowest BCUT2D eigenvalue weighted by atomic mass is 10.2. The van der Waals surface area contributed by atoms with Gasteiger partial charge in [-0.2, -0.15) is 5.10 Å². The average Bonchev–Trinajstić information content (AvgIpc) is 3.10. The number of amides is 1. The smallest absolute Gasteiger partial charge is 0.287 e. The lowest BCUT2D eigenvalue weighted by Gasteiger charge is -1.99. The zero-order valence-electron chi connectivity index (χ0n) is 11.7. The molecular formula is C15H14FN5O. The van der Waals surface area contributed by atoms with Crippen molar-refractivity contribution in [1.82, 2.24) is 25.5 Å². The molecule has 1 aliphatic carbocycles. The summed E-state index contributed by atoms with van der Waals surface area (Å²) in [7, 11) is 0. The standard InChI is InChI=1S/C15H14FN5O/c16-9-3-4-11-13(5-9)19-14(18-11)15(22)17-7-10-6-12(21-20-10)8-1-2-8/h3-6,8H,1-2,7H2,(H,17,22)(H,18,19)(H,20,21). The van der Waals surface area contributed by atoms with Crippen molar-refractivity contribution in [3.63, 3.8) is 0 Å². The molecule has 1 aromatic carbocycles. The monoisotopic (exact) mass is 299 g/mol. The van der Waals surface area contributed by atoms with Crippen LogP contribution in [0.5, 0.6) is 0 Å². The molecule has 1 fully saturated rings. The zero-order valence-corrected chi connectivity index (χ0v) is 11.7. The molecule has 1 aliphatic rings. The van der Waals surface area contributed by atoms with E-state index in [2.05, 4.69) is 25.5 Å². The minimum atomic E-state index is -0.367. The highest BCUT2D eigenvalue weighted by Gasteiger charge is 2.26. The summed E-state index contributed by atoms with van der Waals surface area (Å²) in [5, 5.41) is 9.92. The van der Waals surface area contributed by atoms with Gasteiger partial charge in [0, 0.05) is 5.92 Å². The predicted molar refractivity (Wildman–Crippen MR) is 77.8 cm³/mol. The average molecular weight is 299 g/mol. The number of carbonyl (C=O) groups excluding carboxylic acids is 1. The highest BCUT2D eigenvalue weighted by Crippen LogP contribution is 2.38. The highest BCUT2D eigenvalue weighted by molar-refractivity contribution is 5.94. The van der Waals surface area contributed by atoms with Crippen molar-refractivity contribution in [2.45, 2.75) is 25.3 Å². The third kappa shape index (κ3) is 2.45. The number of aromatic amines is 2. The molecule has 0 radical (unpaired) electrons. The van der Waals surface area contributed by atoms with Crippen LogP contribution in [0.1, 0.15) is 40.8 Å². The van der Waals surface area contributed by atoms with E-state index in [4.69, 9.17) is 0 Å². The SMILES string of the molecule is O=C(NCc1cc(C2CC2)n[nH]1)c1nc2ccc(F)cc2[nH]1. The Bertz CT molecular complexity index is 849. The lowest BCUT2D eigenvalue weighted by Crippen LogP contribution is -2.24. The summed E-state index contributed by atoms with van der Waals surface area (Å²) in [4.78, 5) is 19.1. The van der Waals surface area contributed by atoms with Crippen molar-refractivity contribution in [3.05, 3.63) is 47.3 Å². The van der Waals surface area contributed by atoms with E-state index in [1.54, 1.807) is 0 Å². The van der Waals surface area contributed by atoms with Gasteiger partial charge in [0.25, 0.3) is 5.91 Å². The Kier molecular flexibility index (Phi) is 2.92. The quantitative estimate of drug-likeness (QED) is 0.690. The second-order valence-electron chi connectivity index (χ2n) is 5.52. The summed E-state index contributed by atoms with van der Waals surface area (Å²) in [5.41, 5.74) is 2.98. The van der Waals surface area contributed by atoms with Gasteiger partial charge in [-0.1, -0.05) is 0 Å². The van der Waals surface area contributed by atoms with Crippen molar-refractivity contribution in [1.29, 1.82) is 0 Å². The number of nitrogens with zero attached hydrogens (tertiary/aromatic N) is 2. The van der Waals surface area contributed by atoms with E-state index in [1.807, 2.05) is 6.07 Å². The van der Waals surface area contributed by atoms with E-state index in [0.717, 1.165) is 11.4 Å². The summed E-state index contributed by atoms with van der Waals surface area (Å²) >= 11 is 0. The fourth-order valence-corrected chi connectivity index (χ4v) is 2.41. The van der Waals surface area contributed by atoms with E-state index in [1.165, 1.54) is 31.0 Å². The topological polar surface area (TPSA) is 86.5 Å². The zero-order chi connectivity index (χ0) is 15.1. The Balaban J connectivity index is 1.45. The molecule has 0 unspecified atom stereocenters. The molecule has 6 nitrogen and oxygen atoms in total. The number of hydrogen-bond donors (Lipinski definition) is 3. The molecule has 1 saturated carbocycles. The molecule has 0 spiro atoms. The van der Waals surface area contributed by atoms with Crippen LogP contribution < -0.4 is 5.32 Å². The Morgan fingerprint density at radius 3 is 3.05 bits per heavy atom. The van der Waals surface area contributed by atoms with Gasteiger partial charge < -0.3 is 10.3 Å². The van der Waals surface area contributed by atoms with E-state index in [-0.39, 0.29) is 17.5 Å². The van der Waals surface area contributed by atoms with Crippen LogP contribution in [0.15, 0.2) is 24.3 Å². The fourth-order valence-electron chi connectivity index (χ4n) is 2.41. The second kappa shape index (κ2) is 4.94. The second-order valence-corrected chi connectivity index (χ2v) is 5.52. The number of hydrogen-bond acceptors (Lipinski definition) is 3. The lowest BCUT2D eigenvalue weighted by molar-refractivity contribution is 0.0941. The number of imidazole rings is 1. The number of rotatable bonds is 4. The Hall–Kier alpha value is -2.70. The summed E-state index contributed by atoms with van der Waals surface area (Å²) in [6, 6.07) is 6.14.